The molecule has 6 heteroatoms. The van der Waals surface area contributed by atoms with E-state index in [1.807, 2.05) is 6.07 Å². The summed E-state index contributed by atoms with van der Waals surface area (Å²) < 4.78 is 38.5. The van der Waals surface area contributed by atoms with Gasteiger partial charge in [-0.25, -0.2) is 0 Å². The molecule has 1 aliphatic rings. The smallest absolute Gasteiger partial charge is 0.382 e. The number of hydrogen-bond donors (Lipinski definition) is 1. The van der Waals surface area contributed by atoms with Crippen molar-refractivity contribution in [1.82, 2.24) is 0 Å². The number of nitrogens with zero attached hydrogens (tertiary/aromatic N) is 2. The molecule has 2 aromatic rings. The van der Waals surface area contributed by atoms with Crippen molar-refractivity contribution in [2.75, 3.05) is 11.4 Å². The molecule has 1 heterocycles. The second-order valence-electron chi connectivity index (χ2n) is 5.71. The number of anilines is 1. The lowest BCUT2D eigenvalue weighted by Crippen LogP contribution is -2.47. The highest BCUT2D eigenvalue weighted by Gasteiger charge is 2.47. The van der Waals surface area contributed by atoms with Gasteiger partial charge in [0.25, 0.3) is 0 Å². The number of aliphatic hydroxyl groups excluding tert-OH is 1. The lowest BCUT2D eigenvalue weighted by atomic mass is 10.0. The molecule has 0 amide bonds. The number of rotatable bonds is 2. The van der Waals surface area contributed by atoms with Crippen LogP contribution in [0.15, 0.2) is 36.4 Å². The Bertz CT molecular complexity index is 767. The van der Waals surface area contributed by atoms with Gasteiger partial charge in [-0.15, -0.1) is 0 Å². The fourth-order valence-corrected chi connectivity index (χ4v) is 3.21. The summed E-state index contributed by atoms with van der Waals surface area (Å²) in [6, 6.07) is 11.6. The quantitative estimate of drug-likeness (QED) is 0.919. The molecule has 1 N–H and O–H groups in total. The maximum atomic E-state index is 12.8. The second-order valence-corrected chi connectivity index (χ2v) is 5.71. The molecular weight excluding hydrogens is 305 g/mol. The average molecular weight is 320 g/mol. The van der Waals surface area contributed by atoms with E-state index < -0.39 is 18.3 Å². The summed E-state index contributed by atoms with van der Waals surface area (Å²) in [6.45, 7) is 0.473. The molecule has 23 heavy (non-hydrogen) atoms. The Morgan fingerprint density at radius 3 is 2.74 bits per heavy atom. The van der Waals surface area contributed by atoms with Crippen LogP contribution in [0.5, 0.6) is 0 Å². The first-order valence-corrected chi connectivity index (χ1v) is 7.36. The molecular formula is C17H15F3N2O. The van der Waals surface area contributed by atoms with Crippen LogP contribution in [0.1, 0.15) is 18.4 Å². The van der Waals surface area contributed by atoms with Crippen molar-refractivity contribution >= 4 is 16.5 Å². The molecule has 0 spiro atoms. The normalized spacial score (nSPS) is 19.8. The van der Waals surface area contributed by atoms with Gasteiger partial charge in [0.15, 0.2) is 6.10 Å². The van der Waals surface area contributed by atoms with Crippen molar-refractivity contribution in [2.24, 2.45) is 0 Å². The molecule has 0 aromatic heterocycles. The number of alkyl halides is 3. The topological polar surface area (TPSA) is 47.3 Å². The van der Waals surface area contributed by atoms with Crippen molar-refractivity contribution in [2.45, 2.75) is 31.2 Å². The van der Waals surface area contributed by atoms with E-state index in [0.29, 0.717) is 30.6 Å². The van der Waals surface area contributed by atoms with Gasteiger partial charge in [0, 0.05) is 12.2 Å². The SMILES string of the molecule is N#Cc1cccc2cc(N3CCCC3[C@@H](O)C(F)(F)F)ccc12. The highest BCUT2D eigenvalue weighted by atomic mass is 19.4. The minimum absolute atomic E-state index is 0.303. The first-order valence-electron chi connectivity index (χ1n) is 7.36. The highest BCUT2D eigenvalue weighted by Crippen LogP contribution is 2.35. The molecule has 1 saturated heterocycles. The van der Waals surface area contributed by atoms with Crippen LogP contribution in [0.25, 0.3) is 10.8 Å². The monoisotopic (exact) mass is 320 g/mol. The number of halogens is 3. The van der Waals surface area contributed by atoms with Crippen LogP contribution in [0.2, 0.25) is 0 Å². The van der Waals surface area contributed by atoms with Crippen LogP contribution >= 0.6 is 0 Å². The number of fused-ring (bicyclic) bond motifs is 1. The van der Waals surface area contributed by atoms with Crippen LogP contribution in [-0.4, -0.2) is 30.0 Å². The van der Waals surface area contributed by atoms with Gasteiger partial charge >= 0.3 is 6.18 Å². The van der Waals surface area contributed by atoms with Crippen molar-refractivity contribution < 1.29 is 18.3 Å². The Labute approximate surface area is 131 Å². The van der Waals surface area contributed by atoms with Gasteiger partial charge in [-0.05, 0) is 41.8 Å². The Hall–Kier alpha value is -2.26. The third-order valence-electron chi connectivity index (χ3n) is 4.32. The minimum Gasteiger partial charge on any atom is -0.382 e. The van der Waals surface area contributed by atoms with E-state index in [4.69, 9.17) is 5.26 Å². The maximum absolute atomic E-state index is 12.8. The van der Waals surface area contributed by atoms with Gasteiger partial charge in [-0.1, -0.05) is 18.2 Å². The fourth-order valence-electron chi connectivity index (χ4n) is 3.21. The lowest BCUT2D eigenvalue weighted by molar-refractivity contribution is -0.209. The van der Waals surface area contributed by atoms with E-state index in [1.165, 1.54) is 0 Å². The molecule has 1 fully saturated rings. The molecule has 1 unspecified atom stereocenters. The fraction of sp³-hybridized carbons (Fsp3) is 0.353. The number of nitriles is 1. The zero-order valence-corrected chi connectivity index (χ0v) is 12.2. The molecule has 2 aromatic carbocycles. The van der Waals surface area contributed by atoms with Gasteiger partial charge < -0.3 is 10.0 Å². The summed E-state index contributed by atoms with van der Waals surface area (Å²) in [4.78, 5) is 1.61. The summed E-state index contributed by atoms with van der Waals surface area (Å²) in [7, 11) is 0. The predicted octanol–water partition coefficient (Wildman–Crippen LogP) is 3.60. The maximum Gasteiger partial charge on any atom is 0.416 e. The highest BCUT2D eigenvalue weighted by molar-refractivity contribution is 5.90. The minimum atomic E-state index is -4.63. The summed E-state index contributed by atoms with van der Waals surface area (Å²) in [5.74, 6) is 0. The standard InChI is InChI=1S/C17H15F3N2O/c18-17(19,20)16(23)15-5-2-8-22(15)13-6-7-14-11(9-13)3-1-4-12(14)10-21/h1,3-4,6-7,9,15-16,23H,2,5,8H2/t15?,16-/m1/s1. The van der Waals surface area contributed by atoms with E-state index in [2.05, 4.69) is 6.07 Å². The predicted molar refractivity (Wildman–Crippen MR) is 81.1 cm³/mol. The third-order valence-corrected chi connectivity index (χ3v) is 4.32. The Morgan fingerprint density at radius 1 is 1.26 bits per heavy atom. The molecule has 3 rings (SSSR count). The molecule has 0 bridgehead atoms. The summed E-state index contributed by atoms with van der Waals surface area (Å²) in [5.41, 5.74) is 1.17. The second kappa shape index (κ2) is 5.74. The van der Waals surface area contributed by atoms with Crippen molar-refractivity contribution in [1.29, 1.82) is 5.26 Å². The number of hydrogen-bond acceptors (Lipinski definition) is 3. The van der Waals surface area contributed by atoms with Crippen LogP contribution < -0.4 is 4.90 Å². The van der Waals surface area contributed by atoms with Gasteiger partial charge in [0.1, 0.15) is 0 Å². The van der Waals surface area contributed by atoms with Crippen molar-refractivity contribution in [3.05, 3.63) is 42.0 Å². The van der Waals surface area contributed by atoms with Crippen molar-refractivity contribution in [3.8, 4) is 6.07 Å². The third kappa shape index (κ3) is 2.84. The Kier molecular flexibility index (Phi) is 3.90. The zero-order chi connectivity index (χ0) is 16.6. The van der Waals surface area contributed by atoms with Crippen LogP contribution in [0.3, 0.4) is 0 Å². The molecule has 1 aliphatic heterocycles. The van der Waals surface area contributed by atoms with Gasteiger partial charge in [-0.2, -0.15) is 18.4 Å². The van der Waals surface area contributed by atoms with Crippen molar-refractivity contribution in [3.63, 3.8) is 0 Å². The number of benzene rings is 2. The summed E-state index contributed by atoms with van der Waals surface area (Å²) >= 11 is 0. The van der Waals surface area contributed by atoms with Gasteiger partial charge in [0.2, 0.25) is 0 Å². The summed E-state index contributed by atoms with van der Waals surface area (Å²) in [6.07, 6.45) is -6.07. The van der Waals surface area contributed by atoms with Gasteiger partial charge in [-0.3, -0.25) is 0 Å². The van der Waals surface area contributed by atoms with E-state index in [1.54, 1.807) is 35.2 Å². The summed E-state index contributed by atoms with van der Waals surface area (Å²) in [5, 5.41) is 20.3. The first-order chi connectivity index (χ1) is 10.9. The van der Waals surface area contributed by atoms with E-state index in [0.717, 1.165) is 10.8 Å². The molecule has 0 saturated carbocycles. The van der Waals surface area contributed by atoms with Crippen LogP contribution in [0.4, 0.5) is 18.9 Å². The van der Waals surface area contributed by atoms with Gasteiger partial charge in [0.05, 0.1) is 17.7 Å². The molecule has 2 atom stereocenters. The van der Waals surface area contributed by atoms with Crippen LogP contribution in [-0.2, 0) is 0 Å². The largest absolute Gasteiger partial charge is 0.416 e. The average Bonchev–Trinajstić information content (AvgIpc) is 3.01. The van der Waals surface area contributed by atoms with E-state index in [-0.39, 0.29) is 0 Å². The van der Waals surface area contributed by atoms with E-state index in [9.17, 15) is 18.3 Å². The number of aliphatic hydroxyl groups is 1. The molecule has 0 radical (unpaired) electrons. The molecule has 3 nitrogen and oxygen atoms in total. The Balaban J connectivity index is 1.98. The first kappa shape index (κ1) is 15.6. The lowest BCUT2D eigenvalue weighted by Gasteiger charge is -2.31. The van der Waals surface area contributed by atoms with Crippen LogP contribution in [0, 0.1) is 11.3 Å². The molecule has 120 valence electrons. The Morgan fingerprint density at radius 2 is 2.04 bits per heavy atom. The molecule has 0 aliphatic carbocycles. The zero-order valence-electron chi connectivity index (χ0n) is 12.2. The van der Waals surface area contributed by atoms with E-state index >= 15 is 0 Å².